The van der Waals surface area contributed by atoms with Crippen LogP contribution in [0.4, 0.5) is 0 Å². The fourth-order valence-corrected chi connectivity index (χ4v) is 4.18. The molecule has 3 N–H and O–H groups in total. The number of carboxylic acids is 2. The number of hydrogen-bond acceptors (Lipinski definition) is 7. The summed E-state index contributed by atoms with van der Waals surface area (Å²) in [6, 6.07) is 7.35. The van der Waals surface area contributed by atoms with Crippen molar-refractivity contribution in [3.8, 4) is 17.2 Å². The Balaban J connectivity index is 0.000000806. The maximum absolute atomic E-state index is 11.7. The first kappa shape index (κ1) is 21.3. The van der Waals surface area contributed by atoms with Crippen LogP contribution in [0, 0.1) is 17.8 Å². The number of carbonyl (C=O) groups is 3. The number of fused-ring (bicyclic) bond motifs is 1. The summed E-state index contributed by atoms with van der Waals surface area (Å²) in [4.78, 5) is 38.0. The predicted octanol–water partition coefficient (Wildman–Crippen LogP) is 1.72. The summed E-state index contributed by atoms with van der Waals surface area (Å²) in [5.41, 5.74) is -0.926. The molecule has 160 valence electrons. The minimum atomic E-state index is -1.19. The summed E-state index contributed by atoms with van der Waals surface area (Å²) < 4.78 is 11.0. The largest absolute Gasteiger partial charge is 0.497 e. The van der Waals surface area contributed by atoms with Crippen LogP contribution >= 0.6 is 0 Å². The van der Waals surface area contributed by atoms with Gasteiger partial charge in [-0.25, -0.2) is 4.98 Å². The number of likely N-dealkylation sites (tertiary alicyclic amines) is 1. The molecule has 1 aromatic carbocycles. The van der Waals surface area contributed by atoms with Crippen molar-refractivity contribution in [2.45, 2.75) is 19.9 Å². The Bertz CT molecular complexity index is 959. The highest BCUT2D eigenvalue weighted by molar-refractivity contribution is 5.94. The normalized spacial score (nSPS) is 24.3. The van der Waals surface area contributed by atoms with Gasteiger partial charge < -0.3 is 24.5 Å². The van der Waals surface area contributed by atoms with E-state index in [4.69, 9.17) is 19.1 Å². The molecule has 1 saturated carbocycles. The van der Waals surface area contributed by atoms with E-state index in [9.17, 15) is 19.8 Å². The van der Waals surface area contributed by atoms with Gasteiger partial charge >= 0.3 is 11.9 Å². The lowest BCUT2D eigenvalue weighted by Crippen LogP contribution is -2.28. The standard InChI is InChI=1S/C19H20N2O6.CH2O2/c1-11-14(20-15(27-11)12-4-3-5-13(6-12)26-2)7-21-9-18(16(22)23)8-19(18,10-21)17(24)25;2-1-3/h3-6H,7-10H2,1-2H3,(H,22,23)(H,24,25);1H,(H,2,3)/t18-,19+;. The van der Waals surface area contributed by atoms with Crippen molar-refractivity contribution < 1.29 is 38.9 Å². The Morgan fingerprint density at radius 3 is 2.40 bits per heavy atom. The Hall–Kier alpha value is -3.40. The van der Waals surface area contributed by atoms with Gasteiger partial charge in [0.2, 0.25) is 5.89 Å². The average molecular weight is 418 g/mol. The second kappa shape index (κ2) is 7.79. The zero-order valence-electron chi connectivity index (χ0n) is 16.5. The molecule has 2 heterocycles. The Morgan fingerprint density at radius 1 is 1.27 bits per heavy atom. The molecule has 2 aromatic rings. The van der Waals surface area contributed by atoms with Crippen LogP contribution in [0.3, 0.4) is 0 Å². The van der Waals surface area contributed by atoms with Crippen LogP contribution in [0.25, 0.3) is 11.5 Å². The lowest BCUT2D eigenvalue weighted by atomic mass is 9.97. The lowest BCUT2D eigenvalue weighted by molar-refractivity contribution is -0.151. The van der Waals surface area contributed by atoms with E-state index in [1.165, 1.54) is 0 Å². The highest BCUT2D eigenvalue weighted by Gasteiger charge is 2.80. The van der Waals surface area contributed by atoms with Crippen molar-refractivity contribution >= 4 is 18.4 Å². The van der Waals surface area contributed by atoms with Gasteiger partial charge in [-0.15, -0.1) is 0 Å². The molecule has 0 radical (unpaired) electrons. The molecule has 0 bridgehead atoms. The number of nitrogens with zero attached hydrogens (tertiary/aromatic N) is 2. The first-order valence-corrected chi connectivity index (χ1v) is 9.11. The molecule has 0 amide bonds. The molecule has 10 heteroatoms. The summed E-state index contributed by atoms with van der Waals surface area (Å²) >= 11 is 0. The van der Waals surface area contributed by atoms with Gasteiger partial charge in [-0.2, -0.15) is 0 Å². The molecule has 0 unspecified atom stereocenters. The summed E-state index contributed by atoms with van der Waals surface area (Å²) in [6.07, 6.45) is 0.189. The number of aliphatic carboxylic acids is 2. The van der Waals surface area contributed by atoms with E-state index < -0.39 is 22.8 Å². The van der Waals surface area contributed by atoms with Gasteiger partial charge in [0.1, 0.15) is 11.5 Å². The third kappa shape index (κ3) is 3.39. The molecule has 0 spiro atoms. The van der Waals surface area contributed by atoms with Crippen LogP contribution in [0.15, 0.2) is 28.7 Å². The van der Waals surface area contributed by atoms with E-state index in [2.05, 4.69) is 4.98 Å². The maximum Gasteiger partial charge on any atom is 0.312 e. The number of aromatic nitrogens is 1. The quantitative estimate of drug-likeness (QED) is 0.592. The SMILES string of the molecule is COc1cccc(-c2nc(CN3C[C@@]4(C(=O)O)C[C@@]4(C(=O)O)C3)c(C)o2)c1.O=CO. The van der Waals surface area contributed by atoms with E-state index in [0.717, 1.165) is 5.56 Å². The number of piperidine rings is 1. The Morgan fingerprint density at radius 2 is 1.87 bits per heavy atom. The molecule has 1 saturated heterocycles. The fourth-order valence-electron chi connectivity index (χ4n) is 4.18. The van der Waals surface area contributed by atoms with Gasteiger partial charge in [-0.1, -0.05) is 6.07 Å². The Kier molecular flexibility index (Phi) is 5.53. The highest BCUT2D eigenvalue weighted by Crippen LogP contribution is 2.68. The number of benzene rings is 1. The fraction of sp³-hybridized carbons (Fsp3) is 0.400. The Labute approximate surface area is 171 Å². The van der Waals surface area contributed by atoms with Crippen molar-refractivity contribution in [2.75, 3.05) is 20.2 Å². The first-order chi connectivity index (χ1) is 14.2. The number of ether oxygens (including phenoxy) is 1. The van der Waals surface area contributed by atoms with Crippen LogP contribution in [-0.4, -0.2) is 63.8 Å². The zero-order valence-corrected chi connectivity index (χ0v) is 16.5. The van der Waals surface area contributed by atoms with Crippen LogP contribution < -0.4 is 4.74 Å². The van der Waals surface area contributed by atoms with E-state index >= 15 is 0 Å². The number of aryl methyl sites for hydroxylation is 1. The summed E-state index contributed by atoms with van der Waals surface area (Å²) in [7, 11) is 1.58. The topological polar surface area (TPSA) is 150 Å². The van der Waals surface area contributed by atoms with Crippen molar-refractivity contribution in [3.63, 3.8) is 0 Å². The average Bonchev–Trinajstić information content (AvgIpc) is 3.04. The van der Waals surface area contributed by atoms with Crippen LogP contribution in [-0.2, 0) is 20.9 Å². The van der Waals surface area contributed by atoms with Crippen molar-refractivity contribution in [1.29, 1.82) is 0 Å². The number of oxazole rings is 1. The number of methoxy groups -OCH3 is 1. The molecule has 2 fully saturated rings. The van der Waals surface area contributed by atoms with Crippen LogP contribution in [0.1, 0.15) is 17.9 Å². The minimum Gasteiger partial charge on any atom is -0.497 e. The zero-order chi connectivity index (χ0) is 22.1. The number of hydrogen-bond donors (Lipinski definition) is 3. The molecule has 4 rings (SSSR count). The predicted molar refractivity (Wildman–Crippen MR) is 102 cm³/mol. The minimum absolute atomic E-state index is 0.189. The van der Waals surface area contributed by atoms with E-state index in [0.29, 0.717) is 29.6 Å². The van der Waals surface area contributed by atoms with Gasteiger partial charge in [-0.05, 0) is 31.5 Å². The summed E-state index contributed by atoms with van der Waals surface area (Å²) in [5.74, 6) is -0.312. The van der Waals surface area contributed by atoms with Gasteiger partial charge in [0.05, 0.1) is 23.6 Å². The molecule has 1 aliphatic heterocycles. The summed E-state index contributed by atoms with van der Waals surface area (Å²) in [6.45, 7) is 2.30. The molecule has 10 nitrogen and oxygen atoms in total. The van der Waals surface area contributed by atoms with E-state index in [-0.39, 0.29) is 26.0 Å². The molecule has 2 aliphatic rings. The molecular weight excluding hydrogens is 396 g/mol. The third-order valence-electron chi connectivity index (χ3n) is 5.78. The molecule has 1 aromatic heterocycles. The van der Waals surface area contributed by atoms with Gasteiger partial charge in [0.25, 0.3) is 6.47 Å². The van der Waals surface area contributed by atoms with Gasteiger partial charge in [0.15, 0.2) is 0 Å². The van der Waals surface area contributed by atoms with Gasteiger partial charge in [-0.3, -0.25) is 19.3 Å². The van der Waals surface area contributed by atoms with Crippen LogP contribution in [0.2, 0.25) is 0 Å². The van der Waals surface area contributed by atoms with Crippen molar-refractivity contribution in [3.05, 3.63) is 35.7 Å². The summed E-state index contributed by atoms with van der Waals surface area (Å²) in [5, 5.41) is 26.0. The number of rotatable bonds is 6. The van der Waals surface area contributed by atoms with Crippen molar-refractivity contribution in [1.82, 2.24) is 9.88 Å². The monoisotopic (exact) mass is 418 g/mol. The smallest absolute Gasteiger partial charge is 0.312 e. The molecule has 1 aliphatic carbocycles. The van der Waals surface area contributed by atoms with Crippen molar-refractivity contribution in [2.24, 2.45) is 10.8 Å². The second-order valence-electron chi connectivity index (χ2n) is 7.46. The molecule has 2 atom stereocenters. The number of carboxylic acid groups (broad SMARTS) is 3. The van der Waals surface area contributed by atoms with E-state index in [1.807, 2.05) is 29.2 Å². The third-order valence-corrected chi connectivity index (χ3v) is 5.78. The maximum atomic E-state index is 11.7. The highest BCUT2D eigenvalue weighted by atomic mass is 16.5. The van der Waals surface area contributed by atoms with E-state index in [1.54, 1.807) is 14.0 Å². The lowest BCUT2D eigenvalue weighted by Gasteiger charge is -2.18. The molecular formula is C20H22N2O8. The van der Waals surface area contributed by atoms with Crippen LogP contribution in [0.5, 0.6) is 5.75 Å². The second-order valence-corrected chi connectivity index (χ2v) is 7.46. The molecule has 30 heavy (non-hydrogen) atoms. The first-order valence-electron chi connectivity index (χ1n) is 9.11. The van der Waals surface area contributed by atoms with Gasteiger partial charge in [0, 0.05) is 25.2 Å².